The van der Waals surface area contributed by atoms with Crippen molar-refractivity contribution in [2.24, 2.45) is 0 Å². The zero-order chi connectivity index (χ0) is 12.0. The van der Waals surface area contributed by atoms with E-state index in [1.165, 1.54) is 7.11 Å². The Labute approximate surface area is 92.3 Å². The van der Waals surface area contributed by atoms with E-state index in [2.05, 4.69) is 5.32 Å². The van der Waals surface area contributed by atoms with Crippen LogP contribution in [0.25, 0.3) is 0 Å². The van der Waals surface area contributed by atoms with Crippen LogP contribution in [0.4, 0.5) is 5.69 Å². The van der Waals surface area contributed by atoms with Gasteiger partial charge in [0.25, 0.3) is 0 Å². The van der Waals surface area contributed by atoms with Gasteiger partial charge < -0.3 is 15.2 Å². The molecule has 0 saturated carbocycles. The number of aliphatic carboxylic acids is 1. The maximum Gasteiger partial charge on any atom is 0.328 e. The molecule has 0 aliphatic rings. The van der Waals surface area contributed by atoms with Gasteiger partial charge in [0.05, 0.1) is 7.11 Å². The molecule has 0 unspecified atom stereocenters. The summed E-state index contributed by atoms with van der Waals surface area (Å²) >= 11 is 0. The number of carboxylic acids is 1. The normalized spacial score (nSPS) is 10.1. The number of methoxy groups -OCH3 is 1. The molecule has 1 rings (SSSR count). The highest BCUT2D eigenvalue weighted by Gasteiger charge is 1.99. The van der Waals surface area contributed by atoms with Crippen LogP contribution in [0.5, 0.6) is 5.75 Å². The lowest BCUT2D eigenvalue weighted by Crippen LogP contribution is -2.08. The van der Waals surface area contributed by atoms with Crippen LogP contribution >= 0.6 is 0 Å². The second-order valence-electron chi connectivity index (χ2n) is 2.89. The zero-order valence-electron chi connectivity index (χ0n) is 8.64. The molecule has 16 heavy (non-hydrogen) atoms. The fourth-order valence-corrected chi connectivity index (χ4v) is 1.03. The van der Waals surface area contributed by atoms with E-state index in [0.717, 1.165) is 12.2 Å². The number of hydrogen-bond acceptors (Lipinski definition) is 3. The Bertz CT molecular complexity index is 426. The van der Waals surface area contributed by atoms with Crippen molar-refractivity contribution in [2.45, 2.75) is 0 Å². The van der Waals surface area contributed by atoms with Crippen LogP contribution in [0.2, 0.25) is 0 Å². The minimum atomic E-state index is -1.17. The number of carbonyl (C=O) groups is 2. The number of benzene rings is 1. The molecule has 0 saturated heterocycles. The summed E-state index contributed by atoms with van der Waals surface area (Å²) in [5.74, 6) is -1.06. The van der Waals surface area contributed by atoms with Crippen molar-refractivity contribution >= 4 is 17.6 Å². The first kappa shape index (κ1) is 11.8. The molecule has 0 heterocycles. The van der Waals surface area contributed by atoms with Gasteiger partial charge in [0.1, 0.15) is 5.75 Å². The van der Waals surface area contributed by atoms with Crippen molar-refractivity contribution < 1.29 is 19.4 Å². The van der Waals surface area contributed by atoms with Crippen molar-refractivity contribution in [1.29, 1.82) is 0 Å². The number of carbonyl (C=O) groups excluding carboxylic acids is 1. The quantitative estimate of drug-likeness (QED) is 0.751. The van der Waals surface area contributed by atoms with Gasteiger partial charge in [-0.3, -0.25) is 4.79 Å². The molecule has 0 fully saturated rings. The van der Waals surface area contributed by atoms with Gasteiger partial charge in [-0.1, -0.05) is 6.07 Å². The predicted molar refractivity (Wildman–Crippen MR) is 58.4 cm³/mol. The van der Waals surface area contributed by atoms with Crippen LogP contribution in [0, 0.1) is 0 Å². The van der Waals surface area contributed by atoms with Crippen LogP contribution in [0.3, 0.4) is 0 Å². The van der Waals surface area contributed by atoms with Crippen molar-refractivity contribution in [1.82, 2.24) is 0 Å². The maximum absolute atomic E-state index is 11.2. The highest BCUT2D eigenvalue weighted by atomic mass is 16.5. The second kappa shape index (κ2) is 5.55. The zero-order valence-corrected chi connectivity index (χ0v) is 8.64. The first-order valence-corrected chi connectivity index (χ1v) is 4.48. The summed E-state index contributed by atoms with van der Waals surface area (Å²) < 4.78 is 4.97. The van der Waals surface area contributed by atoms with E-state index >= 15 is 0 Å². The standard InChI is InChI=1S/C11H11NO4/c1-16-9-4-2-3-8(7-9)12-10(13)5-6-11(14)15/h2-7H,1H3,(H,12,13)(H,14,15)/b6-5-. The van der Waals surface area contributed by atoms with E-state index in [-0.39, 0.29) is 0 Å². The lowest BCUT2D eigenvalue weighted by molar-refractivity contribution is -0.131. The Morgan fingerprint density at radius 3 is 2.75 bits per heavy atom. The minimum Gasteiger partial charge on any atom is -0.497 e. The molecule has 0 bridgehead atoms. The van der Waals surface area contributed by atoms with Crippen molar-refractivity contribution in [3.8, 4) is 5.75 Å². The Morgan fingerprint density at radius 1 is 1.38 bits per heavy atom. The number of amides is 1. The molecule has 0 aliphatic heterocycles. The van der Waals surface area contributed by atoms with Gasteiger partial charge in [-0.2, -0.15) is 0 Å². The number of rotatable bonds is 4. The van der Waals surface area contributed by atoms with Gasteiger partial charge in [0.2, 0.25) is 5.91 Å². The van der Waals surface area contributed by atoms with Gasteiger partial charge in [0, 0.05) is 23.9 Å². The summed E-state index contributed by atoms with van der Waals surface area (Å²) in [4.78, 5) is 21.4. The summed E-state index contributed by atoms with van der Waals surface area (Å²) in [6, 6.07) is 6.76. The molecule has 1 aromatic carbocycles. The van der Waals surface area contributed by atoms with Crippen molar-refractivity contribution in [2.75, 3.05) is 12.4 Å². The molecule has 0 aromatic heterocycles. The summed E-state index contributed by atoms with van der Waals surface area (Å²) in [6.45, 7) is 0. The van der Waals surface area contributed by atoms with Gasteiger partial charge in [0.15, 0.2) is 0 Å². The average Bonchev–Trinajstić information content (AvgIpc) is 2.26. The van der Waals surface area contributed by atoms with E-state index in [0.29, 0.717) is 11.4 Å². The molecule has 0 radical (unpaired) electrons. The Morgan fingerprint density at radius 2 is 2.12 bits per heavy atom. The third-order valence-corrected chi connectivity index (χ3v) is 1.71. The van der Waals surface area contributed by atoms with E-state index in [4.69, 9.17) is 9.84 Å². The number of ether oxygens (including phenoxy) is 1. The minimum absolute atomic E-state index is 0.504. The van der Waals surface area contributed by atoms with Gasteiger partial charge >= 0.3 is 5.97 Å². The Balaban J connectivity index is 2.65. The predicted octanol–water partition coefficient (Wildman–Crippen LogP) is 1.27. The van der Waals surface area contributed by atoms with E-state index in [1.54, 1.807) is 24.3 Å². The van der Waals surface area contributed by atoms with Crippen molar-refractivity contribution in [3.63, 3.8) is 0 Å². The summed E-state index contributed by atoms with van der Waals surface area (Å²) in [6.07, 6.45) is 1.72. The lowest BCUT2D eigenvalue weighted by Gasteiger charge is -2.04. The van der Waals surface area contributed by atoms with Gasteiger partial charge in [-0.25, -0.2) is 4.79 Å². The fraction of sp³-hybridized carbons (Fsp3) is 0.0909. The SMILES string of the molecule is COc1cccc(NC(=O)/C=C\C(=O)O)c1. The number of hydrogen-bond donors (Lipinski definition) is 2. The van der Waals surface area contributed by atoms with E-state index in [9.17, 15) is 9.59 Å². The first-order chi connectivity index (χ1) is 7.61. The monoisotopic (exact) mass is 221 g/mol. The lowest BCUT2D eigenvalue weighted by atomic mass is 10.3. The van der Waals surface area contributed by atoms with Gasteiger partial charge in [-0.05, 0) is 12.1 Å². The van der Waals surface area contributed by atoms with Crippen LogP contribution < -0.4 is 10.1 Å². The van der Waals surface area contributed by atoms with E-state index < -0.39 is 11.9 Å². The summed E-state index contributed by atoms with van der Waals surface area (Å²) in [5, 5.41) is 10.8. The summed E-state index contributed by atoms with van der Waals surface area (Å²) in [5.41, 5.74) is 0.541. The fourth-order valence-electron chi connectivity index (χ4n) is 1.03. The summed E-state index contributed by atoms with van der Waals surface area (Å²) in [7, 11) is 1.52. The topological polar surface area (TPSA) is 75.6 Å². The van der Waals surface area contributed by atoms with Gasteiger partial charge in [-0.15, -0.1) is 0 Å². The molecule has 5 nitrogen and oxygen atoms in total. The smallest absolute Gasteiger partial charge is 0.328 e. The molecule has 1 aromatic rings. The Kier molecular flexibility index (Phi) is 4.08. The maximum atomic E-state index is 11.2. The third kappa shape index (κ3) is 3.83. The van der Waals surface area contributed by atoms with Crippen LogP contribution in [-0.2, 0) is 9.59 Å². The molecule has 0 aliphatic carbocycles. The number of anilines is 1. The first-order valence-electron chi connectivity index (χ1n) is 4.48. The number of carboxylic acid groups (broad SMARTS) is 1. The largest absolute Gasteiger partial charge is 0.497 e. The number of nitrogens with one attached hydrogen (secondary N) is 1. The highest BCUT2D eigenvalue weighted by molar-refractivity contribution is 6.02. The van der Waals surface area contributed by atoms with Crippen LogP contribution in [-0.4, -0.2) is 24.1 Å². The second-order valence-corrected chi connectivity index (χ2v) is 2.89. The molecule has 0 spiro atoms. The molecule has 1 amide bonds. The van der Waals surface area contributed by atoms with E-state index in [1.807, 2.05) is 0 Å². The molecule has 5 heteroatoms. The van der Waals surface area contributed by atoms with Crippen molar-refractivity contribution in [3.05, 3.63) is 36.4 Å². The highest BCUT2D eigenvalue weighted by Crippen LogP contribution is 2.16. The van der Waals surface area contributed by atoms with Crippen LogP contribution in [0.15, 0.2) is 36.4 Å². The average molecular weight is 221 g/mol. The molecule has 0 atom stereocenters. The van der Waals surface area contributed by atoms with Crippen LogP contribution in [0.1, 0.15) is 0 Å². The third-order valence-electron chi connectivity index (χ3n) is 1.71. The molecular weight excluding hydrogens is 210 g/mol. The molecular formula is C11H11NO4. The molecule has 2 N–H and O–H groups in total. The molecule has 84 valence electrons. The Hall–Kier alpha value is -2.30.